The zero-order valence-electron chi connectivity index (χ0n) is 12.0. The molecule has 0 bridgehead atoms. The van der Waals surface area contributed by atoms with Crippen LogP contribution >= 0.6 is 11.8 Å². The van der Waals surface area contributed by atoms with E-state index in [-0.39, 0.29) is 0 Å². The minimum Gasteiger partial charge on any atom is -0.313 e. The summed E-state index contributed by atoms with van der Waals surface area (Å²) in [5.41, 5.74) is 0. The summed E-state index contributed by atoms with van der Waals surface area (Å²) in [6.45, 7) is 8.01. The lowest BCUT2D eigenvalue weighted by Crippen LogP contribution is -2.33. The Morgan fingerprint density at radius 2 is 1.89 bits per heavy atom. The quantitative estimate of drug-likeness (QED) is 0.656. The first-order valence-electron chi connectivity index (χ1n) is 7.17. The molecule has 0 aliphatic heterocycles. The molecule has 0 aromatic heterocycles. The molecule has 0 aliphatic carbocycles. The molecule has 102 valence electrons. The zero-order valence-corrected chi connectivity index (χ0v) is 12.8. The molecule has 0 radical (unpaired) electrons. The van der Waals surface area contributed by atoms with E-state index in [9.17, 15) is 0 Å². The predicted molar refractivity (Wildman–Crippen MR) is 83.3 cm³/mol. The minimum atomic E-state index is 0.644. The largest absolute Gasteiger partial charge is 0.313 e. The molecule has 0 aliphatic rings. The van der Waals surface area contributed by atoms with Crippen LogP contribution in [0.2, 0.25) is 0 Å². The van der Waals surface area contributed by atoms with Crippen LogP contribution in [0.15, 0.2) is 35.2 Å². The zero-order chi connectivity index (χ0) is 13.2. The monoisotopic (exact) mass is 265 g/mol. The third-order valence-electron chi connectivity index (χ3n) is 3.26. The van der Waals surface area contributed by atoms with Gasteiger partial charge in [-0.3, -0.25) is 0 Å². The van der Waals surface area contributed by atoms with Gasteiger partial charge in [0.15, 0.2) is 0 Å². The van der Waals surface area contributed by atoms with Crippen molar-refractivity contribution in [3.05, 3.63) is 30.3 Å². The number of benzene rings is 1. The van der Waals surface area contributed by atoms with Crippen LogP contribution in [0.3, 0.4) is 0 Å². The molecule has 0 heterocycles. The van der Waals surface area contributed by atoms with Gasteiger partial charge in [-0.25, -0.2) is 0 Å². The third-order valence-corrected chi connectivity index (χ3v) is 4.44. The van der Waals surface area contributed by atoms with Gasteiger partial charge >= 0.3 is 0 Å². The van der Waals surface area contributed by atoms with Crippen LogP contribution in [0, 0.1) is 5.92 Å². The second kappa shape index (κ2) is 9.46. The lowest BCUT2D eigenvalue weighted by Gasteiger charge is -2.21. The number of rotatable bonds is 9. The van der Waals surface area contributed by atoms with E-state index in [1.165, 1.54) is 29.9 Å². The van der Waals surface area contributed by atoms with Gasteiger partial charge < -0.3 is 5.32 Å². The Hall–Kier alpha value is -0.470. The Bertz CT molecular complexity index is 299. The van der Waals surface area contributed by atoms with Gasteiger partial charge in [0, 0.05) is 16.7 Å². The Balaban J connectivity index is 2.39. The first-order valence-corrected chi connectivity index (χ1v) is 8.16. The Morgan fingerprint density at radius 1 is 1.17 bits per heavy atom. The van der Waals surface area contributed by atoms with E-state index in [2.05, 4.69) is 56.4 Å². The normalized spacial score (nSPS) is 14.4. The van der Waals surface area contributed by atoms with Crippen LogP contribution in [-0.4, -0.2) is 18.3 Å². The molecule has 0 spiro atoms. The van der Waals surface area contributed by atoms with Crippen LogP contribution in [0.25, 0.3) is 0 Å². The highest BCUT2D eigenvalue weighted by molar-refractivity contribution is 7.99. The number of nitrogens with one attached hydrogen (secondary N) is 1. The van der Waals surface area contributed by atoms with Crippen molar-refractivity contribution in [1.29, 1.82) is 0 Å². The minimum absolute atomic E-state index is 0.644. The maximum atomic E-state index is 3.68. The van der Waals surface area contributed by atoms with Crippen molar-refractivity contribution in [3.8, 4) is 0 Å². The van der Waals surface area contributed by atoms with Crippen LogP contribution in [0.4, 0.5) is 0 Å². The topological polar surface area (TPSA) is 12.0 Å². The van der Waals surface area contributed by atoms with Gasteiger partial charge in [-0.1, -0.05) is 45.4 Å². The molecule has 2 unspecified atom stereocenters. The van der Waals surface area contributed by atoms with Crippen molar-refractivity contribution in [2.45, 2.75) is 51.0 Å². The van der Waals surface area contributed by atoms with Crippen molar-refractivity contribution in [3.63, 3.8) is 0 Å². The highest BCUT2D eigenvalue weighted by atomic mass is 32.2. The highest BCUT2D eigenvalue weighted by Gasteiger charge is 2.11. The molecule has 1 aromatic rings. The molecule has 2 heteroatoms. The van der Waals surface area contributed by atoms with Crippen molar-refractivity contribution in [1.82, 2.24) is 5.32 Å². The second-order valence-electron chi connectivity index (χ2n) is 5.02. The molecule has 1 rings (SSSR count). The fraction of sp³-hybridized carbons (Fsp3) is 0.625. The molecule has 1 nitrogen and oxygen atoms in total. The fourth-order valence-electron chi connectivity index (χ4n) is 1.92. The molecule has 0 saturated carbocycles. The van der Waals surface area contributed by atoms with Crippen molar-refractivity contribution in [2.75, 3.05) is 12.3 Å². The van der Waals surface area contributed by atoms with E-state index in [0.29, 0.717) is 6.04 Å². The third kappa shape index (κ3) is 6.46. The summed E-state index contributed by atoms with van der Waals surface area (Å²) < 4.78 is 0. The summed E-state index contributed by atoms with van der Waals surface area (Å²) in [7, 11) is 0. The smallest absolute Gasteiger partial charge is 0.0164 e. The standard InChI is InChI=1S/C16H27NS/c1-4-11-17-15(12-14(3)5-2)13-18-16-9-7-6-8-10-16/h6-10,14-15,17H,4-5,11-13H2,1-3H3. The summed E-state index contributed by atoms with van der Waals surface area (Å²) >= 11 is 1.97. The van der Waals surface area contributed by atoms with Gasteiger partial charge in [0.05, 0.1) is 0 Å². The van der Waals surface area contributed by atoms with Gasteiger partial charge in [-0.05, 0) is 37.4 Å². The first-order chi connectivity index (χ1) is 8.76. The fourth-order valence-corrected chi connectivity index (χ4v) is 2.92. The van der Waals surface area contributed by atoms with Crippen molar-refractivity contribution < 1.29 is 0 Å². The van der Waals surface area contributed by atoms with Crippen molar-refractivity contribution >= 4 is 11.8 Å². The van der Waals surface area contributed by atoms with E-state index in [4.69, 9.17) is 0 Å². The maximum absolute atomic E-state index is 3.68. The first kappa shape index (κ1) is 15.6. The summed E-state index contributed by atoms with van der Waals surface area (Å²) in [6, 6.07) is 11.4. The Kier molecular flexibility index (Phi) is 8.19. The van der Waals surface area contributed by atoms with Gasteiger partial charge in [-0.2, -0.15) is 0 Å². The Labute approximate surface area is 117 Å². The van der Waals surface area contributed by atoms with Gasteiger partial charge in [0.1, 0.15) is 0 Å². The van der Waals surface area contributed by atoms with Crippen LogP contribution in [0.5, 0.6) is 0 Å². The summed E-state index contributed by atoms with van der Waals surface area (Å²) in [6.07, 6.45) is 3.78. The molecule has 0 amide bonds. The lowest BCUT2D eigenvalue weighted by molar-refractivity contribution is 0.417. The average molecular weight is 265 g/mol. The van der Waals surface area contributed by atoms with E-state index >= 15 is 0 Å². The molecule has 0 fully saturated rings. The predicted octanol–water partition coefficient (Wildman–Crippen LogP) is 4.58. The molecule has 0 saturated heterocycles. The van der Waals surface area contributed by atoms with Gasteiger partial charge in [0.25, 0.3) is 0 Å². The van der Waals surface area contributed by atoms with E-state index in [0.717, 1.165) is 12.5 Å². The SMILES string of the molecule is CCCNC(CSc1ccccc1)CC(C)CC. The molecule has 2 atom stereocenters. The molecule has 18 heavy (non-hydrogen) atoms. The number of thioether (sulfide) groups is 1. The summed E-state index contributed by atoms with van der Waals surface area (Å²) in [5, 5.41) is 3.68. The summed E-state index contributed by atoms with van der Waals surface area (Å²) in [4.78, 5) is 1.38. The highest BCUT2D eigenvalue weighted by Crippen LogP contribution is 2.21. The lowest BCUT2D eigenvalue weighted by atomic mass is 10.0. The average Bonchev–Trinajstić information content (AvgIpc) is 2.42. The molecular formula is C16H27NS. The maximum Gasteiger partial charge on any atom is 0.0164 e. The van der Waals surface area contributed by atoms with Crippen molar-refractivity contribution in [2.24, 2.45) is 5.92 Å². The van der Waals surface area contributed by atoms with Gasteiger partial charge in [0.2, 0.25) is 0 Å². The van der Waals surface area contributed by atoms with E-state index in [1.54, 1.807) is 0 Å². The van der Waals surface area contributed by atoms with E-state index in [1.807, 2.05) is 11.8 Å². The number of hydrogen-bond acceptors (Lipinski definition) is 2. The Morgan fingerprint density at radius 3 is 2.50 bits per heavy atom. The van der Waals surface area contributed by atoms with Crippen LogP contribution in [0.1, 0.15) is 40.0 Å². The number of hydrogen-bond donors (Lipinski definition) is 1. The molecule has 1 N–H and O–H groups in total. The summed E-state index contributed by atoms with van der Waals surface area (Å²) in [5.74, 6) is 1.99. The second-order valence-corrected chi connectivity index (χ2v) is 6.12. The van der Waals surface area contributed by atoms with E-state index < -0.39 is 0 Å². The van der Waals surface area contributed by atoms with Crippen LogP contribution < -0.4 is 5.32 Å². The van der Waals surface area contributed by atoms with Crippen LogP contribution in [-0.2, 0) is 0 Å². The molecule has 1 aromatic carbocycles. The molecular weight excluding hydrogens is 238 g/mol. The van der Waals surface area contributed by atoms with Gasteiger partial charge in [-0.15, -0.1) is 11.8 Å².